The first-order valence-electron chi connectivity index (χ1n) is 12.4. The Hall–Kier alpha value is -4.50. The van der Waals surface area contributed by atoms with Crippen LogP contribution in [0.25, 0.3) is 27.4 Å². The molecule has 0 aliphatic carbocycles. The smallest absolute Gasteiger partial charge is 0.268 e. The molecule has 1 aliphatic rings. The number of fused-ring (bicyclic) bond motifs is 2. The molecule has 188 valence electrons. The molecule has 6 rings (SSSR count). The zero-order valence-electron chi connectivity index (χ0n) is 20.6. The minimum absolute atomic E-state index is 0.221. The number of imide groups is 1. The molecule has 0 atom stereocenters. The largest absolute Gasteiger partial charge is 0.274 e. The van der Waals surface area contributed by atoms with Gasteiger partial charge in [0.25, 0.3) is 17.4 Å². The van der Waals surface area contributed by atoms with Crippen LogP contribution in [0.4, 0.5) is 0 Å². The number of amides is 2. The van der Waals surface area contributed by atoms with Gasteiger partial charge in [-0.2, -0.15) is 0 Å². The van der Waals surface area contributed by atoms with E-state index in [-0.39, 0.29) is 23.9 Å². The number of aryl methyl sites for hydroxylation is 1. The number of carbonyl (C=O) groups excluding carboxylic acids is 2. The second-order valence-electron chi connectivity index (χ2n) is 9.08. The van der Waals surface area contributed by atoms with Crippen molar-refractivity contribution in [2.24, 2.45) is 0 Å². The average molecular weight is 522 g/mol. The first kappa shape index (κ1) is 23.9. The lowest BCUT2D eigenvalue weighted by Gasteiger charge is -2.14. The van der Waals surface area contributed by atoms with Crippen molar-refractivity contribution in [3.05, 3.63) is 105 Å². The van der Waals surface area contributed by atoms with Gasteiger partial charge in [0.1, 0.15) is 10.8 Å². The molecule has 0 bridgehead atoms. The molecule has 5 aromatic rings. The Morgan fingerprint density at radius 1 is 0.816 bits per heavy atom. The summed E-state index contributed by atoms with van der Waals surface area (Å²) < 4.78 is 1.53. The fourth-order valence-corrected chi connectivity index (χ4v) is 5.62. The molecule has 0 fully saturated rings. The summed E-state index contributed by atoms with van der Waals surface area (Å²) in [6.07, 6.45) is 2.14. The quantitative estimate of drug-likeness (QED) is 0.288. The summed E-state index contributed by atoms with van der Waals surface area (Å²) in [6, 6.07) is 21.9. The molecule has 0 unspecified atom stereocenters. The molecular weight excluding hydrogens is 498 g/mol. The Labute approximate surface area is 222 Å². The molecular formula is C29H23N5O3S. The molecule has 0 saturated carbocycles. The van der Waals surface area contributed by atoms with Crippen molar-refractivity contribution in [2.75, 3.05) is 6.54 Å². The first-order valence-corrected chi connectivity index (χ1v) is 13.3. The van der Waals surface area contributed by atoms with Crippen LogP contribution >= 0.6 is 11.3 Å². The fourth-order valence-electron chi connectivity index (χ4n) is 4.68. The predicted octanol–water partition coefficient (Wildman–Crippen LogP) is 4.70. The third-order valence-electron chi connectivity index (χ3n) is 6.58. The van der Waals surface area contributed by atoms with E-state index >= 15 is 0 Å². The number of carbonyl (C=O) groups is 2. The maximum absolute atomic E-state index is 13.9. The molecule has 1 aliphatic heterocycles. The van der Waals surface area contributed by atoms with E-state index in [2.05, 4.69) is 17.1 Å². The minimum atomic E-state index is -0.290. The predicted molar refractivity (Wildman–Crippen MR) is 146 cm³/mol. The van der Waals surface area contributed by atoms with Crippen LogP contribution in [0.1, 0.15) is 44.6 Å². The van der Waals surface area contributed by atoms with E-state index in [9.17, 15) is 14.4 Å². The maximum Gasteiger partial charge on any atom is 0.268 e. The van der Waals surface area contributed by atoms with Gasteiger partial charge in [0.05, 0.1) is 22.0 Å². The van der Waals surface area contributed by atoms with Crippen LogP contribution in [-0.4, -0.2) is 43.0 Å². The molecule has 3 aromatic carbocycles. The van der Waals surface area contributed by atoms with Gasteiger partial charge in [-0.1, -0.05) is 66.8 Å². The van der Waals surface area contributed by atoms with Gasteiger partial charge >= 0.3 is 0 Å². The summed E-state index contributed by atoms with van der Waals surface area (Å²) in [5, 5.41) is 10.4. The number of hydrogen-bond donors (Lipinski definition) is 0. The lowest BCUT2D eigenvalue weighted by Crippen LogP contribution is -2.31. The monoisotopic (exact) mass is 521 g/mol. The van der Waals surface area contributed by atoms with Gasteiger partial charge in [-0.05, 0) is 42.7 Å². The number of rotatable bonds is 7. The van der Waals surface area contributed by atoms with E-state index in [1.54, 1.807) is 30.3 Å². The van der Waals surface area contributed by atoms with E-state index in [0.29, 0.717) is 39.4 Å². The van der Waals surface area contributed by atoms with Crippen molar-refractivity contribution in [2.45, 2.75) is 26.2 Å². The van der Waals surface area contributed by atoms with Crippen molar-refractivity contribution in [1.82, 2.24) is 24.6 Å². The van der Waals surface area contributed by atoms with E-state index < -0.39 is 0 Å². The number of nitrogens with zero attached hydrogens (tertiary/aromatic N) is 5. The number of aromatic nitrogens is 4. The molecule has 0 spiro atoms. The number of hydrogen-bond acceptors (Lipinski definition) is 7. The number of benzene rings is 3. The Kier molecular flexibility index (Phi) is 6.13. The van der Waals surface area contributed by atoms with E-state index in [4.69, 9.17) is 4.98 Å². The first-order chi connectivity index (χ1) is 18.5. The fraction of sp³-hybridized carbons (Fsp3) is 0.172. The molecule has 3 heterocycles. The Morgan fingerprint density at radius 3 is 2.24 bits per heavy atom. The van der Waals surface area contributed by atoms with Crippen molar-refractivity contribution >= 4 is 34.1 Å². The Bertz CT molecular complexity index is 1720. The van der Waals surface area contributed by atoms with Crippen molar-refractivity contribution in [3.63, 3.8) is 0 Å². The van der Waals surface area contributed by atoms with Crippen LogP contribution in [0, 0.1) is 0 Å². The SMILES string of the molecule is CCCc1nnc(-n2c(-c3ccccc3)nc3ccc(CCN4C(=O)c5ccccc5C4=O)cc3c2=O)s1. The van der Waals surface area contributed by atoms with Gasteiger partial charge in [0.2, 0.25) is 5.13 Å². The standard InChI is InChI=1S/C29H23N5O3S/c1-2-8-24-31-32-29(38-24)34-25(19-9-4-3-5-10-19)30-23-14-13-18(17-22(23)28(34)37)15-16-33-26(35)20-11-6-7-12-21(20)27(33)36/h3-7,9-14,17H,2,8,15-16H2,1H3. The van der Waals surface area contributed by atoms with Gasteiger partial charge in [0, 0.05) is 18.5 Å². The molecule has 0 N–H and O–H groups in total. The highest BCUT2D eigenvalue weighted by Crippen LogP contribution is 2.26. The molecule has 2 amide bonds. The van der Waals surface area contributed by atoms with Crippen LogP contribution in [0.2, 0.25) is 0 Å². The van der Waals surface area contributed by atoms with E-state index in [1.165, 1.54) is 20.8 Å². The maximum atomic E-state index is 13.9. The summed E-state index contributed by atoms with van der Waals surface area (Å²) in [4.78, 5) is 45.5. The van der Waals surface area contributed by atoms with Gasteiger partial charge in [-0.25, -0.2) is 9.55 Å². The Balaban J connectivity index is 1.38. The highest BCUT2D eigenvalue weighted by atomic mass is 32.1. The second kappa shape index (κ2) is 9.75. The van der Waals surface area contributed by atoms with E-state index in [0.717, 1.165) is 29.0 Å². The third-order valence-corrected chi connectivity index (χ3v) is 7.55. The zero-order valence-corrected chi connectivity index (χ0v) is 21.4. The van der Waals surface area contributed by atoms with Crippen LogP contribution in [0.3, 0.4) is 0 Å². The molecule has 38 heavy (non-hydrogen) atoms. The van der Waals surface area contributed by atoms with E-state index in [1.807, 2.05) is 42.5 Å². The van der Waals surface area contributed by atoms with Gasteiger partial charge in [0.15, 0.2) is 0 Å². The van der Waals surface area contributed by atoms with Crippen molar-refractivity contribution in [1.29, 1.82) is 0 Å². The lowest BCUT2D eigenvalue weighted by molar-refractivity contribution is 0.0656. The minimum Gasteiger partial charge on any atom is -0.274 e. The summed E-state index contributed by atoms with van der Waals surface area (Å²) in [6.45, 7) is 2.29. The topological polar surface area (TPSA) is 98.1 Å². The second-order valence-corrected chi connectivity index (χ2v) is 10.1. The molecule has 2 aromatic heterocycles. The summed E-state index contributed by atoms with van der Waals surface area (Å²) >= 11 is 1.39. The molecule has 0 saturated heterocycles. The van der Waals surface area contributed by atoms with Gasteiger partial charge in [-0.15, -0.1) is 10.2 Å². The zero-order chi connectivity index (χ0) is 26.2. The highest BCUT2D eigenvalue weighted by Gasteiger charge is 2.34. The van der Waals surface area contributed by atoms with Crippen molar-refractivity contribution < 1.29 is 9.59 Å². The van der Waals surface area contributed by atoms with Gasteiger partial charge in [-0.3, -0.25) is 19.3 Å². The highest BCUT2D eigenvalue weighted by molar-refractivity contribution is 7.13. The summed E-state index contributed by atoms with van der Waals surface area (Å²) in [7, 11) is 0. The normalized spacial score (nSPS) is 12.9. The van der Waals surface area contributed by atoms with Crippen LogP contribution in [0.15, 0.2) is 77.6 Å². The summed E-state index contributed by atoms with van der Waals surface area (Å²) in [5.41, 5.74) is 2.81. The third kappa shape index (κ3) is 4.10. The van der Waals surface area contributed by atoms with Crippen LogP contribution in [0.5, 0.6) is 0 Å². The average Bonchev–Trinajstić information content (AvgIpc) is 3.50. The van der Waals surface area contributed by atoms with Crippen LogP contribution < -0.4 is 5.56 Å². The molecule has 0 radical (unpaired) electrons. The van der Waals surface area contributed by atoms with Crippen molar-refractivity contribution in [3.8, 4) is 16.5 Å². The molecule has 9 heteroatoms. The van der Waals surface area contributed by atoms with Gasteiger partial charge < -0.3 is 0 Å². The van der Waals surface area contributed by atoms with Crippen LogP contribution in [-0.2, 0) is 12.8 Å². The Morgan fingerprint density at radius 2 is 1.53 bits per heavy atom. The molecule has 8 nitrogen and oxygen atoms in total. The summed E-state index contributed by atoms with van der Waals surface area (Å²) in [5.74, 6) is -0.0785. The lowest BCUT2D eigenvalue weighted by atomic mass is 10.1.